The Balaban J connectivity index is 1.42. The van der Waals surface area contributed by atoms with Gasteiger partial charge in [-0.15, -0.1) is 0 Å². The lowest BCUT2D eigenvalue weighted by Crippen LogP contribution is -2.36. The highest BCUT2D eigenvalue weighted by atomic mass is 16.5. The fourth-order valence-corrected chi connectivity index (χ4v) is 3.12. The molecule has 1 aromatic heterocycles. The van der Waals surface area contributed by atoms with Gasteiger partial charge in [0, 0.05) is 30.0 Å². The monoisotopic (exact) mass is 378 g/mol. The summed E-state index contributed by atoms with van der Waals surface area (Å²) in [7, 11) is 0. The van der Waals surface area contributed by atoms with E-state index in [4.69, 9.17) is 13.9 Å². The number of nitrogens with one attached hydrogen (secondary N) is 1. The van der Waals surface area contributed by atoms with Crippen LogP contribution in [0, 0.1) is 0 Å². The number of benzene rings is 2. The highest BCUT2D eigenvalue weighted by molar-refractivity contribution is 6.03. The molecule has 1 aliphatic heterocycles. The van der Waals surface area contributed by atoms with Crippen LogP contribution in [-0.4, -0.2) is 32.2 Å². The van der Waals surface area contributed by atoms with Crippen LogP contribution in [0.15, 0.2) is 71.3 Å². The first-order valence-electron chi connectivity index (χ1n) is 9.28. The molecular formula is C22H22N2O4. The predicted molar refractivity (Wildman–Crippen MR) is 107 cm³/mol. The van der Waals surface area contributed by atoms with Crippen LogP contribution in [0.1, 0.15) is 16.1 Å². The Hall–Kier alpha value is -3.25. The normalized spacial score (nSPS) is 13.9. The summed E-state index contributed by atoms with van der Waals surface area (Å²) in [5.74, 6) is 0.705. The third-order valence-electron chi connectivity index (χ3n) is 4.57. The summed E-state index contributed by atoms with van der Waals surface area (Å²) in [6.45, 7) is 3.38. The third-order valence-corrected chi connectivity index (χ3v) is 4.57. The Kier molecular flexibility index (Phi) is 5.58. The van der Waals surface area contributed by atoms with Crippen molar-refractivity contribution >= 4 is 17.3 Å². The lowest BCUT2D eigenvalue weighted by atomic mass is 10.2. The summed E-state index contributed by atoms with van der Waals surface area (Å²) in [6, 6.07) is 19.0. The number of hydrogen-bond donors (Lipinski definition) is 1. The number of furan rings is 1. The van der Waals surface area contributed by atoms with Gasteiger partial charge in [0.25, 0.3) is 5.91 Å². The van der Waals surface area contributed by atoms with Gasteiger partial charge in [-0.1, -0.05) is 24.3 Å². The van der Waals surface area contributed by atoms with Crippen molar-refractivity contribution in [3.63, 3.8) is 0 Å². The summed E-state index contributed by atoms with van der Waals surface area (Å²) < 4.78 is 16.5. The number of carbonyl (C=O) groups excluding carboxylic acids is 1. The van der Waals surface area contributed by atoms with Gasteiger partial charge in [-0.3, -0.25) is 4.79 Å². The molecule has 6 heteroatoms. The van der Waals surface area contributed by atoms with Crippen molar-refractivity contribution in [3.8, 4) is 5.75 Å². The number of ether oxygens (including phenoxy) is 2. The number of amides is 1. The Labute approximate surface area is 163 Å². The Bertz CT molecular complexity index is 917. The maximum atomic E-state index is 12.7. The van der Waals surface area contributed by atoms with Crippen LogP contribution >= 0.6 is 0 Å². The lowest BCUT2D eigenvalue weighted by Gasteiger charge is -2.29. The smallest absolute Gasteiger partial charge is 0.291 e. The van der Waals surface area contributed by atoms with Crippen molar-refractivity contribution in [3.05, 3.63) is 78.3 Å². The van der Waals surface area contributed by atoms with Crippen LogP contribution < -0.4 is 15.0 Å². The minimum absolute atomic E-state index is 0.257. The van der Waals surface area contributed by atoms with Gasteiger partial charge in [0.2, 0.25) is 0 Å². The molecule has 0 atom stereocenters. The largest absolute Gasteiger partial charge is 0.489 e. The fraction of sp³-hybridized carbons (Fsp3) is 0.227. The first kappa shape index (κ1) is 18.1. The molecule has 1 saturated heterocycles. The Morgan fingerprint density at radius 1 is 1.04 bits per heavy atom. The summed E-state index contributed by atoms with van der Waals surface area (Å²) in [4.78, 5) is 14.9. The number of nitrogens with zero attached hydrogens (tertiary/aromatic N) is 1. The molecule has 0 saturated carbocycles. The topological polar surface area (TPSA) is 63.9 Å². The van der Waals surface area contributed by atoms with E-state index < -0.39 is 0 Å². The number of carbonyl (C=O) groups is 1. The number of anilines is 2. The van der Waals surface area contributed by atoms with E-state index in [-0.39, 0.29) is 18.3 Å². The van der Waals surface area contributed by atoms with Gasteiger partial charge in [0.1, 0.15) is 12.4 Å². The molecule has 144 valence electrons. The van der Waals surface area contributed by atoms with E-state index in [9.17, 15) is 4.79 Å². The summed E-state index contributed by atoms with van der Waals surface area (Å²) in [5, 5.41) is 2.92. The average molecular weight is 378 g/mol. The van der Waals surface area contributed by atoms with Crippen LogP contribution in [0.3, 0.4) is 0 Å². The molecular weight excluding hydrogens is 356 g/mol. The van der Waals surface area contributed by atoms with Gasteiger partial charge in [0.05, 0.1) is 19.5 Å². The molecule has 2 heterocycles. The number of para-hydroxylation sites is 1. The molecule has 0 bridgehead atoms. The minimum Gasteiger partial charge on any atom is -0.489 e. The number of hydrogen-bond acceptors (Lipinski definition) is 5. The van der Waals surface area contributed by atoms with E-state index in [1.54, 1.807) is 6.07 Å². The highest BCUT2D eigenvalue weighted by Crippen LogP contribution is 2.22. The van der Waals surface area contributed by atoms with Crippen molar-refractivity contribution in [1.29, 1.82) is 0 Å². The van der Waals surface area contributed by atoms with E-state index in [0.29, 0.717) is 18.8 Å². The van der Waals surface area contributed by atoms with Crippen molar-refractivity contribution in [1.82, 2.24) is 0 Å². The van der Waals surface area contributed by atoms with Gasteiger partial charge >= 0.3 is 0 Å². The molecule has 2 aromatic carbocycles. The van der Waals surface area contributed by atoms with E-state index in [1.807, 2.05) is 54.6 Å². The zero-order valence-electron chi connectivity index (χ0n) is 15.5. The van der Waals surface area contributed by atoms with Gasteiger partial charge in [-0.05, 0) is 36.4 Å². The second-order valence-electron chi connectivity index (χ2n) is 6.48. The van der Waals surface area contributed by atoms with Crippen molar-refractivity contribution in [2.45, 2.75) is 6.61 Å². The van der Waals surface area contributed by atoms with Crippen LogP contribution in [0.4, 0.5) is 11.4 Å². The van der Waals surface area contributed by atoms with Crippen molar-refractivity contribution in [2.75, 3.05) is 36.5 Å². The van der Waals surface area contributed by atoms with Crippen molar-refractivity contribution < 1.29 is 18.7 Å². The molecule has 1 N–H and O–H groups in total. The molecule has 3 aromatic rings. The first-order valence-corrected chi connectivity index (χ1v) is 9.28. The summed E-state index contributed by atoms with van der Waals surface area (Å²) in [6.07, 6.45) is 1.50. The van der Waals surface area contributed by atoms with Gasteiger partial charge < -0.3 is 24.1 Å². The molecule has 0 spiro atoms. The van der Waals surface area contributed by atoms with Gasteiger partial charge in [-0.2, -0.15) is 0 Å². The zero-order chi connectivity index (χ0) is 19.2. The maximum absolute atomic E-state index is 12.7. The molecule has 1 fully saturated rings. The fourth-order valence-electron chi connectivity index (χ4n) is 3.12. The quantitative estimate of drug-likeness (QED) is 0.704. The average Bonchev–Trinajstić information content (AvgIpc) is 3.23. The molecule has 4 rings (SSSR count). The van der Waals surface area contributed by atoms with Crippen LogP contribution in [0.5, 0.6) is 5.75 Å². The molecule has 1 amide bonds. The minimum atomic E-state index is -0.296. The lowest BCUT2D eigenvalue weighted by molar-refractivity contribution is 0.0993. The second-order valence-corrected chi connectivity index (χ2v) is 6.48. The standard InChI is InChI=1S/C22H22N2O4/c25-22(21-17(9-12-27-21)16-28-20-7-2-1-3-8-20)23-18-5-4-6-19(15-18)24-10-13-26-14-11-24/h1-9,12,15H,10-11,13-14,16H2,(H,23,25). The molecule has 1 aliphatic rings. The zero-order valence-corrected chi connectivity index (χ0v) is 15.5. The molecule has 6 nitrogen and oxygen atoms in total. The van der Waals surface area contributed by atoms with E-state index >= 15 is 0 Å². The summed E-state index contributed by atoms with van der Waals surface area (Å²) in [5.41, 5.74) is 2.49. The van der Waals surface area contributed by atoms with E-state index in [2.05, 4.69) is 10.2 Å². The molecule has 0 aliphatic carbocycles. The highest BCUT2D eigenvalue weighted by Gasteiger charge is 2.17. The number of morpholine rings is 1. The Morgan fingerprint density at radius 2 is 1.86 bits per heavy atom. The van der Waals surface area contributed by atoms with Gasteiger partial charge in [-0.25, -0.2) is 0 Å². The van der Waals surface area contributed by atoms with Crippen LogP contribution in [0.2, 0.25) is 0 Å². The molecule has 0 radical (unpaired) electrons. The summed E-state index contributed by atoms with van der Waals surface area (Å²) >= 11 is 0. The van der Waals surface area contributed by atoms with Gasteiger partial charge in [0.15, 0.2) is 5.76 Å². The number of rotatable bonds is 6. The van der Waals surface area contributed by atoms with Crippen LogP contribution in [0.25, 0.3) is 0 Å². The predicted octanol–water partition coefficient (Wildman–Crippen LogP) is 3.95. The van der Waals surface area contributed by atoms with E-state index in [0.717, 1.165) is 30.2 Å². The van der Waals surface area contributed by atoms with Crippen LogP contribution in [-0.2, 0) is 11.3 Å². The third kappa shape index (κ3) is 4.35. The van der Waals surface area contributed by atoms with E-state index in [1.165, 1.54) is 6.26 Å². The Morgan fingerprint density at radius 3 is 2.68 bits per heavy atom. The molecule has 28 heavy (non-hydrogen) atoms. The maximum Gasteiger partial charge on any atom is 0.291 e. The second kappa shape index (κ2) is 8.63. The van der Waals surface area contributed by atoms with Crippen molar-refractivity contribution in [2.24, 2.45) is 0 Å². The molecule has 0 unspecified atom stereocenters. The SMILES string of the molecule is O=C(Nc1cccc(N2CCOCC2)c1)c1occc1COc1ccccc1. The first-order chi connectivity index (χ1) is 13.8.